The first kappa shape index (κ1) is 24.7. The highest BCUT2D eigenvalue weighted by atomic mass is 32.1. The summed E-state index contributed by atoms with van der Waals surface area (Å²) in [5.74, 6) is 0. The molecule has 0 spiro atoms. The lowest BCUT2D eigenvalue weighted by Gasteiger charge is -2.29. The van der Waals surface area contributed by atoms with E-state index in [0.29, 0.717) is 0 Å². The summed E-state index contributed by atoms with van der Waals surface area (Å²) in [6.07, 6.45) is 0. The van der Waals surface area contributed by atoms with Crippen LogP contribution in [0.4, 0.5) is 27.0 Å². The van der Waals surface area contributed by atoms with Crippen LogP contribution in [0, 0.1) is 6.92 Å². The Hall–Kier alpha value is -3.66. The van der Waals surface area contributed by atoms with E-state index in [0.717, 1.165) is 97.0 Å². The number of rotatable bonds is 5. The van der Waals surface area contributed by atoms with Crippen LogP contribution in [0.2, 0.25) is 0 Å². The maximum Gasteiger partial charge on any atom is 0.323 e. The molecule has 0 aliphatic carbocycles. The number of morpholine rings is 2. The van der Waals surface area contributed by atoms with Crippen molar-refractivity contribution in [2.75, 3.05) is 73.0 Å². The zero-order chi connectivity index (χ0) is 25.9. The van der Waals surface area contributed by atoms with Crippen LogP contribution in [-0.2, 0) is 9.47 Å². The van der Waals surface area contributed by atoms with Gasteiger partial charge < -0.3 is 29.9 Å². The molecule has 0 unspecified atom stereocenters. The molecular weight excluding hydrogens is 498 g/mol. The second-order valence-electron chi connectivity index (χ2n) is 9.56. The fourth-order valence-corrected chi connectivity index (χ4v) is 5.94. The van der Waals surface area contributed by atoms with Gasteiger partial charge >= 0.3 is 6.03 Å². The van der Waals surface area contributed by atoms with Gasteiger partial charge in [-0.3, -0.25) is 0 Å². The first-order chi connectivity index (χ1) is 18.6. The molecule has 0 bridgehead atoms. The number of nitrogens with zero attached hydrogens (tertiary/aromatic N) is 3. The zero-order valence-electron chi connectivity index (χ0n) is 21.4. The SMILES string of the molecule is Cc1cccc(NC(=O)Nc2ccc(-c3cc(N4CCOCC4)c4nc(N5CCOCC5)sc4c3)cc2)c1. The lowest BCUT2D eigenvalue weighted by Crippen LogP contribution is -2.36. The van der Waals surface area contributed by atoms with E-state index in [4.69, 9.17) is 14.5 Å². The van der Waals surface area contributed by atoms with E-state index in [-0.39, 0.29) is 6.03 Å². The number of anilines is 4. The number of ether oxygens (including phenoxy) is 2. The Labute approximate surface area is 226 Å². The molecular formula is C29H31N5O3S. The summed E-state index contributed by atoms with van der Waals surface area (Å²) in [7, 11) is 0. The molecule has 0 radical (unpaired) electrons. The number of hydrogen-bond acceptors (Lipinski definition) is 7. The summed E-state index contributed by atoms with van der Waals surface area (Å²) in [5, 5.41) is 6.86. The van der Waals surface area contributed by atoms with Crippen molar-refractivity contribution in [3.63, 3.8) is 0 Å². The number of hydrogen-bond donors (Lipinski definition) is 2. The van der Waals surface area contributed by atoms with E-state index in [1.165, 1.54) is 4.70 Å². The smallest absolute Gasteiger partial charge is 0.323 e. The molecule has 2 aliphatic heterocycles. The molecule has 4 aromatic rings. The molecule has 1 aromatic heterocycles. The van der Waals surface area contributed by atoms with Gasteiger partial charge in [0.15, 0.2) is 5.13 Å². The number of aryl methyl sites for hydroxylation is 1. The van der Waals surface area contributed by atoms with Crippen molar-refractivity contribution in [3.8, 4) is 11.1 Å². The summed E-state index contributed by atoms with van der Waals surface area (Å²) >= 11 is 1.74. The minimum atomic E-state index is -0.264. The standard InChI is InChI=1S/C29H31N5O3S/c1-20-3-2-4-24(17-20)31-28(35)30-23-7-5-21(6-8-23)22-18-25(33-9-13-36-14-10-33)27-26(19-22)38-29(32-27)34-11-15-37-16-12-34/h2-8,17-19H,9-16H2,1H3,(H2,30,31,35). The Bertz CT molecular complexity index is 1430. The third kappa shape index (κ3) is 5.45. The highest BCUT2D eigenvalue weighted by Crippen LogP contribution is 2.39. The Morgan fingerprint density at radius 2 is 1.50 bits per heavy atom. The average molecular weight is 530 g/mol. The summed E-state index contributed by atoms with van der Waals surface area (Å²) in [4.78, 5) is 22.3. The topological polar surface area (TPSA) is 79.0 Å². The molecule has 6 rings (SSSR count). The highest BCUT2D eigenvalue weighted by molar-refractivity contribution is 7.22. The number of fused-ring (bicyclic) bond motifs is 1. The Kier molecular flexibility index (Phi) is 7.13. The summed E-state index contributed by atoms with van der Waals surface area (Å²) < 4.78 is 12.3. The van der Waals surface area contributed by atoms with Crippen molar-refractivity contribution in [3.05, 3.63) is 66.2 Å². The normalized spacial score (nSPS) is 16.0. The first-order valence-electron chi connectivity index (χ1n) is 13.0. The summed E-state index contributed by atoms with van der Waals surface area (Å²) in [5.41, 5.74) is 7.02. The molecule has 2 amide bonds. The van der Waals surface area contributed by atoms with Crippen LogP contribution in [0.5, 0.6) is 0 Å². The predicted molar refractivity (Wildman–Crippen MR) is 155 cm³/mol. The minimum absolute atomic E-state index is 0.264. The van der Waals surface area contributed by atoms with Gasteiger partial charge in [-0.05, 0) is 60.0 Å². The quantitative estimate of drug-likeness (QED) is 0.351. The van der Waals surface area contributed by atoms with E-state index in [1.807, 2.05) is 43.3 Å². The molecule has 0 saturated carbocycles. The highest BCUT2D eigenvalue weighted by Gasteiger charge is 2.21. The second kappa shape index (κ2) is 11.0. The van der Waals surface area contributed by atoms with Crippen LogP contribution in [0.1, 0.15) is 5.56 Å². The molecule has 8 nitrogen and oxygen atoms in total. The molecule has 3 heterocycles. The van der Waals surface area contributed by atoms with Crippen LogP contribution in [0.15, 0.2) is 60.7 Å². The van der Waals surface area contributed by atoms with Crippen molar-refractivity contribution in [2.45, 2.75) is 6.92 Å². The molecule has 2 aliphatic rings. The van der Waals surface area contributed by atoms with E-state index >= 15 is 0 Å². The van der Waals surface area contributed by atoms with Crippen LogP contribution >= 0.6 is 11.3 Å². The van der Waals surface area contributed by atoms with Gasteiger partial charge in [-0.1, -0.05) is 35.6 Å². The third-order valence-electron chi connectivity index (χ3n) is 6.85. The van der Waals surface area contributed by atoms with Gasteiger partial charge in [0.05, 0.1) is 36.8 Å². The lowest BCUT2D eigenvalue weighted by molar-refractivity contribution is 0.122. The van der Waals surface area contributed by atoms with Crippen molar-refractivity contribution >= 4 is 49.8 Å². The molecule has 2 saturated heterocycles. The van der Waals surface area contributed by atoms with Crippen LogP contribution in [0.3, 0.4) is 0 Å². The molecule has 3 aromatic carbocycles. The first-order valence-corrected chi connectivity index (χ1v) is 13.8. The van der Waals surface area contributed by atoms with E-state index in [2.05, 4.69) is 44.7 Å². The van der Waals surface area contributed by atoms with Gasteiger partial charge in [0.1, 0.15) is 5.52 Å². The minimum Gasteiger partial charge on any atom is -0.378 e. The number of benzene rings is 3. The van der Waals surface area contributed by atoms with Crippen molar-refractivity contribution in [1.82, 2.24) is 4.98 Å². The monoisotopic (exact) mass is 529 g/mol. The number of carbonyl (C=O) groups excluding carboxylic acids is 1. The van der Waals surface area contributed by atoms with Crippen molar-refractivity contribution < 1.29 is 14.3 Å². The molecule has 196 valence electrons. The zero-order valence-corrected chi connectivity index (χ0v) is 22.2. The number of nitrogens with one attached hydrogen (secondary N) is 2. The maximum absolute atomic E-state index is 12.5. The molecule has 38 heavy (non-hydrogen) atoms. The van der Waals surface area contributed by atoms with Gasteiger partial charge in [0.2, 0.25) is 0 Å². The number of urea groups is 1. The van der Waals surface area contributed by atoms with Gasteiger partial charge in [-0.15, -0.1) is 0 Å². The van der Waals surface area contributed by atoms with E-state index in [1.54, 1.807) is 11.3 Å². The molecule has 0 atom stereocenters. The van der Waals surface area contributed by atoms with Gasteiger partial charge in [0, 0.05) is 37.6 Å². The van der Waals surface area contributed by atoms with Crippen molar-refractivity contribution in [2.24, 2.45) is 0 Å². The molecule has 2 N–H and O–H groups in total. The van der Waals surface area contributed by atoms with Crippen molar-refractivity contribution in [1.29, 1.82) is 0 Å². The number of thiazole rings is 1. The van der Waals surface area contributed by atoms with E-state index in [9.17, 15) is 4.79 Å². The number of aromatic nitrogens is 1. The molecule has 9 heteroatoms. The maximum atomic E-state index is 12.5. The van der Waals surface area contributed by atoms with Gasteiger partial charge in [0.25, 0.3) is 0 Å². The number of amides is 2. The Morgan fingerprint density at radius 3 is 2.21 bits per heavy atom. The average Bonchev–Trinajstić information content (AvgIpc) is 3.38. The fraction of sp³-hybridized carbons (Fsp3) is 0.310. The summed E-state index contributed by atoms with van der Waals surface area (Å²) in [6.45, 7) is 8.34. The van der Waals surface area contributed by atoms with E-state index < -0.39 is 0 Å². The third-order valence-corrected chi connectivity index (χ3v) is 7.91. The Balaban J connectivity index is 1.26. The summed E-state index contributed by atoms with van der Waals surface area (Å²) in [6, 6.07) is 19.9. The predicted octanol–water partition coefficient (Wildman–Crippen LogP) is 5.59. The second-order valence-corrected chi connectivity index (χ2v) is 10.6. The number of carbonyl (C=O) groups is 1. The van der Waals surface area contributed by atoms with Crippen LogP contribution in [-0.4, -0.2) is 63.6 Å². The van der Waals surface area contributed by atoms with Crippen LogP contribution in [0.25, 0.3) is 21.3 Å². The van der Waals surface area contributed by atoms with Gasteiger partial charge in [-0.2, -0.15) is 0 Å². The lowest BCUT2D eigenvalue weighted by atomic mass is 10.0. The largest absolute Gasteiger partial charge is 0.378 e. The van der Waals surface area contributed by atoms with Crippen LogP contribution < -0.4 is 20.4 Å². The molecule has 2 fully saturated rings. The fourth-order valence-electron chi connectivity index (χ4n) is 4.86. The Morgan fingerprint density at radius 1 is 0.816 bits per heavy atom. The van der Waals surface area contributed by atoms with Gasteiger partial charge in [-0.25, -0.2) is 9.78 Å².